The number of thiazole rings is 1. The van der Waals surface area contributed by atoms with Gasteiger partial charge in [-0.25, -0.2) is 9.37 Å². The maximum Gasteiger partial charge on any atom is 0.522 e. The molecule has 38 heavy (non-hydrogen) atoms. The number of nitrogens with zero attached hydrogens (tertiary/aromatic N) is 2. The van der Waals surface area contributed by atoms with E-state index in [0.29, 0.717) is 0 Å². The van der Waals surface area contributed by atoms with Crippen molar-refractivity contribution in [2.45, 2.75) is 19.3 Å². The maximum atomic E-state index is 14.1. The average Bonchev–Trinajstić information content (AvgIpc) is 3.23. The van der Waals surface area contributed by atoms with E-state index in [1.807, 2.05) is 0 Å². The fourth-order valence-corrected chi connectivity index (χ4v) is 4.35. The van der Waals surface area contributed by atoms with Gasteiger partial charge in [-0.1, -0.05) is 35.1 Å². The average molecular weight is 574 g/mol. The number of nitrogens with one attached hydrogen (secondary N) is 1. The number of primary amides is 1. The van der Waals surface area contributed by atoms with Gasteiger partial charge < -0.3 is 21.7 Å². The van der Waals surface area contributed by atoms with Crippen molar-refractivity contribution in [2.75, 3.05) is 23.8 Å². The summed E-state index contributed by atoms with van der Waals surface area (Å²) in [6, 6.07) is 8.11. The molecule has 9 nitrogen and oxygen atoms in total. The van der Waals surface area contributed by atoms with Crippen molar-refractivity contribution in [2.24, 2.45) is 5.73 Å². The van der Waals surface area contributed by atoms with Crippen LogP contribution in [0.1, 0.15) is 32.5 Å². The summed E-state index contributed by atoms with van der Waals surface area (Å²) in [6.45, 7) is 0.330. The number of carbonyl (C=O) groups is 3. The maximum absolute atomic E-state index is 14.1. The molecule has 3 aromatic rings. The summed E-state index contributed by atoms with van der Waals surface area (Å²) in [5, 5.41) is 2.22. The molecule has 0 aliphatic heterocycles. The highest BCUT2D eigenvalue weighted by atomic mass is 35.5. The molecule has 0 fully saturated rings. The van der Waals surface area contributed by atoms with Crippen LogP contribution in [0, 0.1) is 5.82 Å². The van der Waals surface area contributed by atoms with Crippen molar-refractivity contribution < 1.29 is 36.7 Å². The van der Waals surface area contributed by atoms with Crippen molar-refractivity contribution in [3.05, 3.63) is 69.3 Å². The van der Waals surface area contributed by atoms with Crippen LogP contribution in [0.15, 0.2) is 42.5 Å². The van der Waals surface area contributed by atoms with Gasteiger partial charge in [0, 0.05) is 23.4 Å². The van der Waals surface area contributed by atoms with Crippen LogP contribution >= 0.6 is 22.9 Å². The van der Waals surface area contributed by atoms with Gasteiger partial charge in [-0.15, -0.1) is 13.2 Å². The van der Waals surface area contributed by atoms with Gasteiger partial charge in [0.05, 0.1) is 11.6 Å². The van der Waals surface area contributed by atoms with E-state index in [9.17, 15) is 31.9 Å². The number of rotatable bonds is 10. The zero-order chi connectivity index (χ0) is 28.2. The molecule has 0 unspecified atom stereocenters. The van der Waals surface area contributed by atoms with Crippen LogP contribution in [0.5, 0.6) is 0 Å². The van der Waals surface area contributed by atoms with Crippen LogP contribution < -0.4 is 21.7 Å². The second-order valence-corrected chi connectivity index (χ2v) is 9.10. The lowest BCUT2D eigenvalue weighted by Gasteiger charge is -2.26. The number of anilines is 3. The number of hydrogen-bond donors (Lipinski definition) is 3. The molecule has 1 atom stereocenters. The summed E-state index contributed by atoms with van der Waals surface area (Å²) in [5.74, 6) is -2.87. The topological polar surface area (TPSA) is 141 Å². The normalized spacial score (nSPS) is 12.2. The third-order valence-electron chi connectivity index (χ3n) is 5.10. The first-order valence-corrected chi connectivity index (χ1v) is 11.9. The number of benzene rings is 2. The number of hydrogen-bond acceptors (Lipinski definition) is 8. The summed E-state index contributed by atoms with van der Waals surface area (Å²) in [5.41, 5.74) is 11.9. The lowest BCUT2D eigenvalue weighted by molar-refractivity contribution is -0.323. The van der Waals surface area contributed by atoms with Gasteiger partial charge in [-0.3, -0.25) is 19.1 Å². The van der Waals surface area contributed by atoms with Crippen LogP contribution in [-0.2, 0) is 9.53 Å². The molecule has 2 aromatic carbocycles. The van der Waals surface area contributed by atoms with E-state index < -0.39 is 42.4 Å². The fraction of sp³-hybridized carbons (Fsp3) is 0.217. The van der Waals surface area contributed by atoms with E-state index in [0.717, 1.165) is 17.4 Å². The minimum atomic E-state index is -4.80. The number of alkyl halides is 3. The standard InChI is InChI=1S/C23H20ClF4N5O4S/c1-11(20(30)35)33(14-6-7-15(24)16(25)10-14)22-32-19(29)18(38-22)17(34)12-2-4-13(5-3-12)21(36)31-8-9-37-23(26,27)28/h2-7,10-11H,8-9,29H2,1H3,(H2,30,35)(H,31,36)/t11-/m1/s1. The monoisotopic (exact) mass is 573 g/mol. The number of halogens is 5. The lowest BCUT2D eigenvalue weighted by atomic mass is 10.1. The SMILES string of the molecule is C[C@H](C(N)=O)N(c1ccc(Cl)c(F)c1)c1nc(N)c(C(=O)c2ccc(C(=O)NCCOC(F)(F)F)cc2)s1. The number of aromatic nitrogens is 1. The third kappa shape index (κ3) is 6.96. The van der Waals surface area contributed by atoms with Gasteiger partial charge in [0.25, 0.3) is 5.91 Å². The quantitative estimate of drug-likeness (QED) is 0.189. The van der Waals surface area contributed by atoms with Crippen LogP contribution in [-0.4, -0.2) is 48.1 Å². The minimum Gasteiger partial charge on any atom is -0.382 e. The van der Waals surface area contributed by atoms with E-state index in [-0.39, 0.29) is 44.2 Å². The number of nitrogens with two attached hydrogens (primary N) is 2. The fourth-order valence-electron chi connectivity index (χ4n) is 3.19. The Balaban J connectivity index is 1.80. The molecule has 0 bridgehead atoms. The molecule has 202 valence electrons. The Hall–Kier alpha value is -3.75. The molecule has 0 aliphatic rings. The van der Waals surface area contributed by atoms with Gasteiger partial charge in [-0.05, 0) is 37.3 Å². The predicted octanol–water partition coefficient (Wildman–Crippen LogP) is 4.03. The molecule has 0 saturated heterocycles. The Bertz CT molecular complexity index is 1350. The Kier molecular flexibility index (Phi) is 8.91. The molecule has 0 radical (unpaired) electrons. The van der Waals surface area contributed by atoms with E-state index >= 15 is 0 Å². The lowest BCUT2D eigenvalue weighted by Crippen LogP contribution is -2.40. The van der Waals surface area contributed by atoms with Crippen LogP contribution in [0.4, 0.5) is 34.2 Å². The van der Waals surface area contributed by atoms with Crippen molar-refractivity contribution in [3.8, 4) is 0 Å². The molecule has 15 heteroatoms. The number of carbonyl (C=O) groups excluding carboxylic acids is 3. The highest BCUT2D eigenvalue weighted by Crippen LogP contribution is 2.36. The first kappa shape index (κ1) is 28.8. The van der Waals surface area contributed by atoms with Gasteiger partial charge in [0.15, 0.2) is 5.13 Å². The smallest absolute Gasteiger partial charge is 0.382 e. The van der Waals surface area contributed by atoms with Crippen molar-refractivity contribution in [3.63, 3.8) is 0 Å². The van der Waals surface area contributed by atoms with Crippen LogP contribution in [0.25, 0.3) is 0 Å². The minimum absolute atomic E-state index is 0.0117. The zero-order valence-corrected chi connectivity index (χ0v) is 21.1. The molecule has 0 spiro atoms. The molecule has 0 aliphatic carbocycles. The Morgan fingerprint density at radius 1 is 1.16 bits per heavy atom. The summed E-state index contributed by atoms with van der Waals surface area (Å²) in [6.07, 6.45) is -4.80. The van der Waals surface area contributed by atoms with E-state index in [1.165, 1.54) is 48.2 Å². The van der Waals surface area contributed by atoms with E-state index in [4.69, 9.17) is 23.1 Å². The molecule has 2 amide bonds. The Morgan fingerprint density at radius 2 is 1.79 bits per heavy atom. The second-order valence-electron chi connectivity index (χ2n) is 7.71. The molecule has 0 saturated carbocycles. The Labute approximate surface area is 222 Å². The van der Waals surface area contributed by atoms with E-state index in [2.05, 4.69) is 15.0 Å². The zero-order valence-electron chi connectivity index (χ0n) is 19.5. The Morgan fingerprint density at radius 3 is 2.37 bits per heavy atom. The van der Waals surface area contributed by atoms with Gasteiger partial charge in [-0.2, -0.15) is 0 Å². The molecule has 3 rings (SSSR count). The van der Waals surface area contributed by atoms with Crippen molar-refractivity contribution in [1.29, 1.82) is 0 Å². The molecule has 1 aromatic heterocycles. The largest absolute Gasteiger partial charge is 0.522 e. The number of nitrogen functional groups attached to an aromatic ring is 1. The highest BCUT2D eigenvalue weighted by Gasteiger charge is 2.29. The van der Waals surface area contributed by atoms with Crippen LogP contribution in [0.2, 0.25) is 5.02 Å². The highest BCUT2D eigenvalue weighted by molar-refractivity contribution is 7.18. The summed E-state index contributed by atoms with van der Waals surface area (Å²) >= 11 is 6.60. The molecular formula is C23H20ClF4N5O4S. The van der Waals surface area contributed by atoms with Crippen LogP contribution in [0.3, 0.4) is 0 Å². The number of ketones is 1. The van der Waals surface area contributed by atoms with Gasteiger partial charge in [0.1, 0.15) is 22.6 Å². The number of amides is 2. The first-order chi connectivity index (χ1) is 17.8. The third-order valence-corrected chi connectivity index (χ3v) is 6.47. The molecular weight excluding hydrogens is 554 g/mol. The van der Waals surface area contributed by atoms with Gasteiger partial charge >= 0.3 is 6.36 Å². The summed E-state index contributed by atoms with van der Waals surface area (Å²) in [4.78, 5) is 42.7. The van der Waals surface area contributed by atoms with Crippen molar-refractivity contribution in [1.82, 2.24) is 10.3 Å². The molecule has 1 heterocycles. The first-order valence-electron chi connectivity index (χ1n) is 10.7. The van der Waals surface area contributed by atoms with Crippen molar-refractivity contribution >= 4 is 57.2 Å². The molecule has 5 N–H and O–H groups in total. The summed E-state index contributed by atoms with van der Waals surface area (Å²) in [7, 11) is 0. The van der Waals surface area contributed by atoms with Gasteiger partial charge in [0.2, 0.25) is 11.7 Å². The number of ether oxygens (including phenoxy) is 1. The summed E-state index contributed by atoms with van der Waals surface area (Å²) < 4.78 is 53.7. The predicted molar refractivity (Wildman–Crippen MR) is 133 cm³/mol. The van der Waals surface area contributed by atoms with E-state index in [1.54, 1.807) is 0 Å². The second kappa shape index (κ2) is 11.8.